The van der Waals surface area contributed by atoms with Gasteiger partial charge in [0.15, 0.2) is 0 Å². The summed E-state index contributed by atoms with van der Waals surface area (Å²) in [6.45, 7) is 14.6. The van der Waals surface area contributed by atoms with Crippen LogP contribution in [0.5, 0.6) is 0 Å². The van der Waals surface area contributed by atoms with Crippen molar-refractivity contribution in [1.29, 1.82) is 0 Å². The van der Waals surface area contributed by atoms with Crippen molar-refractivity contribution in [3.63, 3.8) is 0 Å². The van der Waals surface area contributed by atoms with Crippen LogP contribution in [0, 0.1) is 11.3 Å². The van der Waals surface area contributed by atoms with Crippen LogP contribution in [0.25, 0.3) is 0 Å². The Hall–Kier alpha value is -0.410. The fourth-order valence-corrected chi connectivity index (χ4v) is 2.38. The number of aromatic nitrogens is 1. The van der Waals surface area contributed by atoms with E-state index in [0.717, 1.165) is 13.0 Å². The van der Waals surface area contributed by atoms with Gasteiger partial charge in [-0.3, -0.25) is 0 Å². The van der Waals surface area contributed by atoms with E-state index < -0.39 is 0 Å². The molecule has 2 nitrogen and oxygen atoms in total. The van der Waals surface area contributed by atoms with Gasteiger partial charge in [0.25, 0.3) is 0 Å². The lowest BCUT2D eigenvalue weighted by atomic mass is 9.78. The van der Waals surface area contributed by atoms with Crippen LogP contribution in [0.1, 0.15) is 46.6 Å². The lowest BCUT2D eigenvalue weighted by Crippen LogP contribution is -2.42. The van der Waals surface area contributed by atoms with Gasteiger partial charge in [0.1, 0.15) is 0 Å². The van der Waals surface area contributed by atoms with E-state index >= 15 is 0 Å². The quantitative estimate of drug-likeness (QED) is 0.885. The second-order valence-corrected chi connectivity index (χ2v) is 7.80. The molecule has 0 saturated heterocycles. The van der Waals surface area contributed by atoms with Crippen LogP contribution in [0.3, 0.4) is 0 Å². The number of nitrogens with zero attached hydrogens (tertiary/aromatic N) is 1. The third-order valence-electron chi connectivity index (χ3n) is 3.01. The Bertz CT molecular complexity index is 317. The maximum absolute atomic E-state index is 4.40. The molecule has 0 aromatic carbocycles. The highest BCUT2D eigenvalue weighted by Crippen LogP contribution is 2.29. The molecule has 17 heavy (non-hydrogen) atoms. The number of nitrogens with one attached hydrogen (secondary N) is 1. The molecular weight excluding hydrogens is 228 g/mol. The number of thiazole rings is 1. The van der Waals surface area contributed by atoms with E-state index in [9.17, 15) is 0 Å². The van der Waals surface area contributed by atoms with E-state index in [0.29, 0.717) is 11.3 Å². The number of hydrogen-bond donors (Lipinski definition) is 1. The Labute approximate surface area is 110 Å². The summed E-state index contributed by atoms with van der Waals surface area (Å²) >= 11 is 1.76. The lowest BCUT2D eigenvalue weighted by molar-refractivity contribution is 0.214. The summed E-state index contributed by atoms with van der Waals surface area (Å²) < 4.78 is 0. The molecule has 1 aromatic heterocycles. The van der Waals surface area contributed by atoms with Crippen molar-refractivity contribution in [2.75, 3.05) is 6.54 Å². The average Bonchev–Trinajstić information content (AvgIpc) is 2.60. The Morgan fingerprint density at radius 2 is 1.88 bits per heavy atom. The maximum atomic E-state index is 4.40. The van der Waals surface area contributed by atoms with Gasteiger partial charge in [-0.1, -0.05) is 20.8 Å². The Morgan fingerprint density at radius 1 is 1.24 bits per heavy atom. The first kappa shape index (κ1) is 14.7. The molecular formula is C14H26N2S. The van der Waals surface area contributed by atoms with Crippen molar-refractivity contribution in [2.45, 2.75) is 53.5 Å². The molecule has 1 unspecified atom stereocenters. The predicted molar refractivity (Wildman–Crippen MR) is 76.5 cm³/mol. The van der Waals surface area contributed by atoms with Gasteiger partial charge in [-0.2, -0.15) is 0 Å². The van der Waals surface area contributed by atoms with Crippen LogP contribution >= 0.6 is 11.3 Å². The Kier molecular flexibility index (Phi) is 4.73. The maximum Gasteiger partial charge on any atom is 0.0928 e. The van der Waals surface area contributed by atoms with Gasteiger partial charge in [0, 0.05) is 23.5 Å². The summed E-state index contributed by atoms with van der Waals surface area (Å²) in [7, 11) is 0. The molecule has 1 heterocycles. The molecule has 1 rings (SSSR count). The normalized spacial score (nSPS) is 14.9. The first-order valence-corrected chi connectivity index (χ1v) is 7.20. The summed E-state index contributed by atoms with van der Waals surface area (Å²) in [6, 6.07) is 0. The van der Waals surface area contributed by atoms with Gasteiger partial charge in [-0.15, -0.1) is 11.3 Å². The van der Waals surface area contributed by atoms with Gasteiger partial charge in [-0.05, 0) is 38.6 Å². The van der Waals surface area contributed by atoms with Gasteiger partial charge in [0.05, 0.1) is 5.01 Å². The van der Waals surface area contributed by atoms with E-state index in [1.165, 1.54) is 5.01 Å². The molecule has 3 heteroatoms. The third-order valence-corrected chi connectivity index (χ3v) is 3.81. The summed E-state index contributed by atoms with van der Waals surface area (Å²) in [5.74, 6) is 0.618. The number of rotatable bonds is 4. The zero-order chi connectivity index (χ0) is 13.1. The van der Waals surface area contributed by atoms with Gasteiger partial charge in [-0.25, -0.2) is 4.98 Å². The fraction of sp³-hybridized carbons (Fsp3) is 0.786. The van der Waals surface area contributed by atoms with Crippen molar-refractivity contribution >= 4 is 11.3 Å². The van der Waals surface area contributed by atoms with Crippen molar-refractivity contribution in [1.82, 2.24) is 10.3 Å². The highest BCUT2D eigenvalue weighted by Gasteiger charge is 2.26. The van der Waals surface area contributed by atoms with E-state index in [2.05, 4.69) is 57.2 Å². The molecule has 0 aliphatic carbocycles. The zero-order valence-electron chi connectivity index (χ0n) is 12.0. The SMILES string of the molecule is CC(C)(C)NCC(Cc1nccs1)C(C)(C)C. The molecule has 0 aliphatic rings. The van der Waals surface area contributed by atoms with Crippen LogP contribution in [0.2, 0.25) is 0 Å². The molecule has 1 aromatic rings. The molecule has 0 spiro atoms. The van der Waals surface area contributed by atoms with Crippen LogP contribution in [-0.4, -0.2) is 17.1 Å². The second kappa shape index (κ2) is 5.49. The van der Waals surface area contributed by atoms with E-state index in [-0.39, 0.29) is 5.54 Å². The standard InChI is InChI=1S/C14H26N2S/c1-13(2,3)11(10-16-14(4,5)6)9-12-15-7-8-17-12/h7-8,11,16H,9-10H2,1-6H3. The first-order chi connectivity index (χ1) is 7.68. The minimum absolute atomic E-state index is 0.187. The molecule has 0 saturated carbocycles. The molecule has 1 atom stereocenters. The zero-order valence-corrected chi connectivity index (χ0v) is 12.8. The summed E-state index contributed by atoms with van der Waals surface area (Å²) in [4.78, 5) is 4.40. The monoisotopic (exact) mass is 254 g/mol. The van der Waals surface area contributed by atoms with Crippen molar-refractivity contribution in [3.8, 4) is 0 Å². The smallest absolute Gasteiger partial charge is 0.0928 e. The third kappa shape index (κ3) is 5.64. The molecule has 98 valence electrons. The molecule has 0 fully saturated rings. The largest absolute Gasteiger partial charge is 0.312 e. The molecule has 0 bridgehead atoms. The summed E-state index contributed by atoms with van der Waals surface area (Å²) in [5, 5.41) is 6.93. The van der Waals surface area contributed by atoms with Crippen molar-refractivity contribution in [2.24, 2.45) is 11.3 Å². The van der Waals surface area contributed by atoms with Crippen LogP contribution in [-0.2, 0) is 6.42 Å². The van der Waals surface area contributed by atoms with E-state index in [1.807, 2.05) is 6.20 Å². The topological polar surface area (TPSA) is 24.9 Å². The Morgan fingerprint density at radius 3 is 2.29 bits per heavy atom. The first-order valence-electron chi connectivity index (χ1n) is 6.32. The minimum Gasteiger partial charge on any atom is -0.312 e. The van der Waals surface area contributed by atoms with Crippen molar-refractivity contribution < 1.29 is 0 Å². The summed E-state index contributed by atoms with van der Waals surface area (Å²) in [6.07, 6.45) is 2.97. The fourth-order valence-electron chi connectivity index (χ4n) is 1.68. The van der Waals surface area contributed by atoms with Crippen LogP contribution in [0.15, 0.2) is 11.6 Å². The number of hydrogen-bond acceptors (Lipinski definition) is 3. The summed E-state index contributed by atoms with van der Waals surface area (Å²) in [5.41, 5.74) is 0.496. The average molecular weight is 254 g/mol. The second-order valence-electron chi connectivity index (χ2n) is 6.82. The van der Waals surface area contributed by atoms with E-state index in [1.54, 1.807) is 11.3 Å². The predicted octanol–water partition coefficient (Wildman–Crippen LogP) is 3.74. The van der Waals surface area contributed by atoms with E-state index in [4.69, 9.17) is 0 Å². The van der Waals surface area contributed by atoms with Gasteiger partial charge >= 0.3 is 0 Å². The highest BCUT2D eigenvalue weighted by atomic mass is 32.1. The molecule has 0 radical (unpaired) electrons. The molecule has 0 aliphatic heterocycles. The van der Waals surface area contributed by atoms with Crippen molar-refractivity contribution in [3.05, 3.63) is 16.6 Å². The Balaban J connectivity index is 2.62. The highest BCUT2D eigenvalue weighted by molar-refractivity contribution is 7.09. The molecule has 0 amide bonds. The lowest BCUT2D eigenvalue weighted by Gasteiger charge is -2.33. The molecule has 1 N–H and O–H groups in total. The van der Waals surface area contributed by atoms with Gasteiger partial charge in [0.2, 0.25) is 0 Å². The minimum atomic E-state index is 0.187. The van der Waals surface area contributed by atoms with Gasteiger partial charge < -0.3 is 5.32 Å². The van der Waals surface area contributed by atoms with Crippen LogP contribution < -0.4 is 5.32 Å². The van der Waals surface area contributed by atoms with Crippen LogP contribution in [0.4, 0.5) is 0 Å².